The van der Waals surface area contributed by atoms with E-state index in [9.17, 15) is 10.2 Å². The van der Waals surface area contributed by atoms with Crippen LogP contribution in [0, 0.1) is 0 Å². The molecule has 1 saturated heterocycles. The van der Waals surface area contributed by atoms with Crippen molar-refractivity contribution in [3.05, 3.63) is 23.8 Å². The Labute approximate surface area is 118 Å². The first kappa shape index (κ1) is 13.7. The predicted molar refractivity (Wildman–Crippen MR) is 74.1 cm³/mol. The van der Waals surface area contributed by atoms with Crippen LogP contribution in [0.3, 0.4) is 0 Å². The maximum Gasteiger partial charge on any atom is 0.161 e. The zero-order valence-electron chi connectivity index (χ0n) is 11.5. The Morgan fingerprint density at radius 1 is 1.15 bits per heavy atom. The maximum absolute atomic E-state index is 10.3. The SMILES string of the molecule is OC1CCN(CC(O)c2ccc3c(c2)OCCO3)CC1. The summed E-state index contributed by atoms with van der Waals surface area (Å²) in [5.41, 5.74) is 0.848. The van der Waals surface area contributed by atoms with Gasteiger partial charge in [0, 0.05) is 19.6 Å². The summed E-state index contributed by atoms with van der Waals surface area (Å²) in [5.74, 6) is 1.45. The molecule has 2 aliphatic heterocycles. The van der Waals surface area contributed by atoms with E-state index in [0.717, 1.165) is 37.2 Å². The molecule has 5 heteroatoms. The molecule has 1 fully saturated rings. The number of piperidine rings is 1. The summed E-state index contributed by atoms with van der Waals surface area (Å²) in [6.07, 6.45) is 0.848. The molecule has 3 rings (SSSR count). The van der Waals surface area contributed by atoms with Crippen LogP contribution in [0.5, 0.6) is 11.5 Å². The molecule has 5 nitrogen and oxygen atoms in total. The number of ether oxygens (including phenoxy) is 2. The first-order valence-electron chi connectivity index (χ1n) is 7.20. The van der Waals surface area contributed by atoms with Gasteiger partial charge in [-0.3, -0.25) is 0 Å². The van der Waals surface area contributed by atoms with Gasteiger partial charge in [0.05, 0.1) is 12.2 Å². The van der Waals surface area contributed by atoms with Crippen molar-refractivity contribution >= 4 is 0 Å². The van der Waals surface area contributed by atoms with E-state index in [2.05, 4.69) is 4.90 Å². The van der Waals surface area contributed by atoms with Crippen molar-refractivity contribution in [2.75, 3.05) is 32.8 Å². The van der Waals surface area contributed by atoms with Crippen LogP contribution in [0.25, 0.3) is 0 Å². The highest BCUT2D eigenvalue weighted by atomic mass is 16.6. The molecule has 2 heterocycles. The van der Waals surface area contributed by atoms with Crippen LogP contribution >= 0.6 is 0 Å². The second-order valence-corrected chi connectivity index (χ2v) is 5.45. The topological polar surface area (TPSA) is 62.2 Å². The molecule has 0 radical (unpaired) electrons. The third-order valence-corrected chi connectivity index (χ3v) is 3.94. The maximum atomic E-state index is 10.3. The number of hydrogen-bond acceptors (Lipinski definition) is 5. The van der Waals surface area contributed by atoms with Crippen molar-refractivity contribution in [1.82, 2.24) is 4.90 Å². The van der Waals surface area contributed by atoms with Gasteiger partial charge in [0.15, 0.2) is 11.5 Å². The molecule has 0 aromatic heterocycles. The van der Waals surface area contributed by atoms with Crippen LogP contribution in [0.15, 0.2) is 18.2 Å². The van der Waals surface area contributed by atoms with Gasteiger partial charge in [0.2, 0.25) is 0 Å². The van der Waals surface area contributed by atoms with E-state index in [1.54, 1.807) is 0 Å². The molecule has 0 amide bonds. The number of rotatable bonds is 3. The van der Waals surface area contributed by atoms with Gasteiger partial charge < -0.3 is 24.6 Å². The number of benzene rings is 1. The van der Waals surface area contributed by atoms with Gasteiger partial charge in [-0.2, -0.15) is 0 Å². The van der Waals surface area contributed by atoms with E-state index in [1.807, 2.05) is 18.2 Å². The summed E-state index contributed by atoms with van der Waals surface area (Å²) < 4.78 is 11.0. The third kappa shape index (κ3) is 3.06. The van der Waals surface area contributed by atoms with Gasteiger partial charge in [-0.1, -0.05) is 6.07 Å². The average Bonchev–Trinajstić information content (AvgIpc) is 2.49. The Morgan fingerprint density at radius 3 is 2.60 bits per heavy atom. The summed E-state index contributed by atoms with van der Waals surface area (Å²) in [4.78, 5) is 2.19. The van der Waals surface area contributed by atoms with E-state index in [4.69, 9.17) is 9.47 Å². The lowest BCUT2D eigenvalue weighted by atomic mass is 10.0. The molecular formula is C15H21NO4. The van der Waals surface area contributed by atoms with Gasteiger partial charge in [0.1, 0.15) is 13.2 Å². The molecule has 0 aliphatic carbocycles. The highest BCUT2D eigenvalue weighted by Crippen LogP contribution is 2.32. The van der Waals surface area contributed by atoms with Crippen LogP contribution in [0.4, 0.5) is 0 Å². The van der Waals surface area contributed by atoms with Crippen molar-refractivity contribution in [3.63, 3.8) is 0 Å². The lowest BCUT2D eigenvalue weighted by Crippen LogP contribution is -2.38. The highest BCUT2D eigenvalue weighted by Gasteiger charge is 2.21. The van der Waals surface area contributed by atoms with Crippen molar-refractivity contribution in [1.29, 1.82) is 0 Å². The fourth-order valence-corrected chi connectivity index (χ4v) is 2.72. The number of fused-ring (bicyclic) bond motifs is 1. The third-order valence-electron chi connectivity index (χ3n) is 3.94. The molecule has 1 aromatic carbocycles. The van der Waals surface area contributed by atoms with E-state index < -0.39 is 6.10 Å². The fourth-order valence-electron chi connectivity index (χ4n) is 2.72. The largest absolute Gasteiger partial charge is 0.486 e. The molecular weight excluding hydrogens is 258 g/mol. The lowest BCUT2D eigenvalue weighted by Gasteiger charge is -2.31. The molecule has 1 atom stereocenters. The molecule has 110 valence electrons. The van der Waals surface area contributed by atoms with E-state index in [0.29, 0.717) is 25.5 Å². The Bertz CT molecular complexity index is 457. The van der Waals surface area contributed by atoms with Crippen molar-refractivity contribution < 1.29 is 19.7 Å². The van der Waals surface area contributed by atoms with Gasteiger partial charge >= 0.3 is 0 Å². The van der Waals surface area contributed by atoms with Crippen molar-refractivity contribution in [2.24, 2.45) is 0 Å². The van der Waals surface area contributed by atoms with Gasteiger partial charge in [-0.15, -0.1) is 0 Å². The molecule has 0 saturated carbocycles. The Balaban J connectivity index is 1.63. The monoisotopic (exact) mass is 279 g/mol. The van der Waals surface area contributed by atoms with Crippen LogP contribution in [0.1, 0.15) is 24.5 Å². The molecule has 0 bridgehead atoms. The highest BCUT2D eigenvalue weighted by molar-refractivity contribution is 5.44. The second kappa shape index (κ2) is 5.99. The van der Waals surface area contributed by atoms with Gasteiger partial charge in [-0.25, -0.2) is 0 Å². The Morgan fingerprint density at radius 2 is 1.85 bits per heavy atom. The average molecular weight is 279 g/mol. The molecule has 1 aromatic rings. The number of hydrogen-bond donors (Lipinski definition) is 2. The van der Waals surface area contributed by atoms with E-state index in [-0.39, 0.29) is 6.10 Å². The number of likely N-dealkylation sites (tertiary alicyclic amines) is 1. The minimum Gasteiger partial charge on any atom is -0.486 e. The number of aliphatic hydroxyl groups is 2. The van der Waals surface area contributed by atoms with Crippen LogP contribution in [-0.4, -0.2) is 54.1 Å². The molecule has 20 heavy (non-hydrogen) atoms. The summed E-state index contributed by atoms with van der Waals surface area (Å²) in [6, 6.07) is 5.60. The minimum atomic E-state index is -0.541. The summed E-state index contributed by atoms with van der Waals surface area (Å²) in [6.45, 7) is 3.39. The molecule has 0 spiro atoms. The molecule has 1 unspecified atom stereocenters. The first-order chi connectivity index (χ1) is 9.72. The zero-order chi connectivity index (χ0) is 13.9. The van der Waals surface area contributed by atoms with E-state index in [1.165, 1.54) is 0 Å². The van der Waals surface area contributed by atoms with Gasteiger partial charge in [-0.05, 0) is 30.5 Å². The number of β-amino-alcohol motifs (C(OH)–C–C–N with tert-alkyl or cyclic N) is 1. The number of nitrogens with zero attached hydrogens (tertiary/aromatic N) is 1. The summed E-state index contributed by atoms with van der Waals surface area (Å²) in [5, 5.41) is 19.8. The van der Waals surface area contributed by atoms with Crippen LogP contribution in [0.2, 0.25) is 0 Å². The summed E-state index contributed by atoms with van der Waals surface area (Å²) >= 11 is 0. The lowest BCUT2D eigenvalue weighted by molar-refractivity contribution is 0.0506. The minimum absolute atomic E-state index is 0.183. The quantitative estimate of drug-likeness (QED) is 0.862. The predicted octanol–water partition coefficient (Wildman–Crippen LogP) is 0.948. The van der Waals surface area contributed by atoms with Crippen molar-refractivity contribution in [3.8, 4) is 11.5 Å². The number of aliphatic hydroxyl groups excluding tert-OH is 2. The van der Waals surface area contributed by atoms with Gasteiger partial charge in [0.25, 0.3) is 0 Å². The molecule has 2 N–H and O–H groups in total. The second-order valence-electron chi connectivity index (χ2n) is 5.45. The fraction of sp³-hybridized carbons (Fsp3) is 0.600. The molecule has 2 aliphatic rings. The summed E-state index contributed by atoms with van der Waals surface area (Å²) in [7, 11) is 0. The normalized spacial score (nSPS) is 21.7. The zero-order valence-corrected chi connectivity index (χ0v) is 11.5. The van der Waals surface area contributed by atoms with E-state index >= 15 is 0 Å². The standard InChI is InChI=1S/C15H21NO4/c17-12-3-5-16(6-4-12)10-13(18)11-1-2-14-15(9-11)20-8-7-19-14/h1-2,9,12-13,17-18H,3-8,10H2. The Kier molecular flexibility index (Phi) is 4.10. The Hall–Kier alpha value is -1.30. The van der Waals surface area contributed by atoms with Crippen molar-refractivity contribution in [2.45, 2.75) is 25.0 Å². The van der Waals surface area contributed by atoms with Crippen LogP contribution in [-0.2, 0) is 0 Å². The smallest absolute Gasteiger partial charge is 0.161 e. The van der Waals surface area contributed by atoms with Crippen LogP contribution < -0.4 is 9.47 Å². The first-order valence-corrected chi connectivity index (χ1v) is 7.20.